The molecule has 1 heterocycles. The van der Waals surface area contributed by atoms with Crippen molar-refractivity contribution >= 4 is 35.0 Å². The minimum absolute atomic E-state index is 0.109. The van der Waals surface area contributed by atoms with Gasteiger partial charge in [-0.25, -0.2) is 13.6 Å². The molecule has 7 nitrogen and oxygen atoms in total. The maximum absolute atomic E-state index is 14.5. The fourth-order valence-corrected chi connectivity index (χ4v) is 3.75. The maximum Gasteiger partial charge on any atom is 0.404 e. The van der Waals surface area contributed by atoms with Crippen LogP contribution >= 0.6 is 11.6 Å². The molecule has 0 unspecified atom stereocenters. The van der Waals surface area contributed by atoms with E-state index in [9.17, 15) is 31.5 Å². The molecule has 2 aromatic rings. The highest BCUT2D eigenvalue weighted by Crippen LogP contribution is 2.31. The first-order valence-corrected chi connectivity index (χ1v) is 10.9. The number of nitrogens with one attached hydrogen (secondary N) is 1. The number of carbonyl (C=O) groups is 2. The van der Waals surface area contributed by atoms with Gasteiger partial charge in [-0.2, -0.15) is 13.2 Å². The van der Waals surface area contributed by atoms with E-state index in [4.69, 9.17) is 17.3 Å². The van der Waals surface area contributed by atoms with E-state index in [2.05, 4.69) is 10.1 Å². The minimum Gasteiger partial charge on any atom is -0.445 e. The summed E-state index contributed by atoms with van der Waals surface area (Å²) in [6.07, 6.45) is -6.30. The molecule has 3 rings (SSSR count). The molecule has 0 aromatic heterocycles. The zero-order valence-corrected chi connectivity index (χ0v) is 19.1. The first kappa shape index (κ1) is 26.5. The standard InChI is InChI=1S/C22H22ClF5N4O3/c23-14-2-4-16(17(11-14)32-9-7-31(8-10-32)6-5-22(26,27)28)30-20(33)15-3-1-13(12-35-21(29)34)18(24)19(15)25/h1-4,11H,5-10,12H2,(H2,29,34)(H,30,33). The molecular weight excluding hydrogens is 499 g/mol. The van der Waals surface area contributed by atoms with Crippen molar-refractivity contribution in [3.05, 3.63) is 58.1 Å². The van der Waals surface area contributed by atoms with Crippen LogP contribution in [0.4, 0.5) is 38.1 Å². The molecule has 0 spiro atoms. The topological polar surface area (TPSA) is 87.9 Å². The van der Waals surface area contributed by atoms with Gasteiger partial charge in [0.2, 0.25) is 0 Å². The first-order chi connectivity index (χ1) is 16.4. The van der Waals surface area contributed by atoms with Crippen LogP contribution in [0.15, 0.2) is 30.3 Å². The highest BCUT2D eigenvalue weighted by Gasteiger charge is 2.29. The molecule has 0 radical (unpaired) electrons. The third kappa shape index (κ3) is 7.18. The number of hydrogen-bond acceptors (Lipinski definition) is 5. The van der Waals surface area contributed by atoms with Crippen molar-refractivity contribution in [3.63, 3.8) is 0 Å². The van der Waals surface area contributed by atoms with Crippen LogP contribution < -0.4 is 16.0 Å². The van der Waals surface area contributed by atoms with E-state index in [0.717, 1.165) is 12.1 Å². The Hall–Kier alpha value is -3.12. The molecule has 0 aliphatic carbocycles. The van der Waals surface area contributed by atoms with Crippen molar-refractivity contribution in [2.24, 2.45) is 5.73 Å². The molecule has 2 aromatic carbocycles. The first-order valence-electron chi connectivity index (χ1n) is 10.5. The van der Waals surface area contributed by atoms with E-state index < -0.39 is 48.4 Å². The molecule has 190 valence electrons. The summed E-state index contributed by atoms with van der Waals surface area (Å²) in [5.41, 5.74) is 4.70. The summed E-state index contributed by atoms with van der Waals surface area (Å²) >= 11 is 6.10. The lowest BCUT2D eigenvalue weighted by Crippen LogP contribution is -2.47. The Morgan fingerprint density at radius 2 is 1.74 bits per heavy atom. The van der Waals surface area contributed by atoms with Gasteiger partial charge in [0.05, 0.1) is 23.4 Å². The summed E-state index contributed by atoms with van der Waals surface area (Å²) in [4.78, 5) is 26.9. The summed E-state index contributed by atoms with van der Waals surface area (Å²) in [5, 5.41) is 2.89. The van der Waals surface area contributed by atoms with Gasteiger partial charge in [0.15, 0.2) is 11.6 Å². The van der Waals surface area contributed by atoms with Crippen molar-refractivity contribution in [3.8, 4) is 0 Å². The molecule has 0 atom stereocenters. The second-order valence-electron chi connectivity index (χ2n) is 7.82. The molecule has 1 saturated heterocycles. The number of halogens is 6. The molecule has 35 heavy (non-hydrogen) atoms. The van der Waals surface area contributed by atoms with Gasteiger partial charge >= 0.3 is 12.3 Å². The van der Waals surface area contributed by atoms with Crippen LogP contribution in [-0.2, 0) is 11.3 Å². The Labute approximate surface area is 202 Å². The molecule has 2 amide bonds. The van der Waals surface area contributed by atoms with E-state index >= 15 is 0 Å². The van der Waals surface area contributed by atoms with E-state index in [1.54, 1.807) is 11.0 Å². The third-order valence-corrected chi connectivity index (χ3v) is 5.64. The number of alkyl halides is 3. The molecule has 1 fully saturated rings. The average Bonchev–Trinajstić information content (AvgIpc) is 2.79. The number of primary amides is 1. The number of nitrogens with zero attached hydrogens (tertiary/aromatic N) is 2. The lowest BCUT2D eigenvalue weighted by Gasteiger charge is -2.37. The smallest absolute Gasteiger partial charge is 0.404 e. The number of anilines is 2. The summed E-state index contributed by atoms with van der Waals surface area (Å²) in [6, 6.07) is 6.71. The average molecular weight is 521 g/mol. The van der Waals surface area contributed by atoms with Crippen molar-refractivity contribution in [2.45, 2.75) is 19.2 Å². The molecule has 0 saturated carbocycles. The largest absolute Gasteiger partial charge is 0.445 e. The number of ether oxygens (including phenoxy) is 1. The van der Waals surface area contributed by atoms with Crippen LogP contribution in [0.5, 0.6) is 0 Å². The van der Waals surface area contributed by atoms with Crippen molar-refractivity contribution in [2.75, 3.05) is 42.9 Å². The third-order valence-electron chi connectivity index (χ3n) is 5.41. The van der Waals surface area contributed by atoms with Gasteiger partial charge in [0, 0.05) is 43.3 Å². The fourth-order valence-electron chi connectivity index (χ4n) is 3.58. The molecule has 1 aliphatic heterocycles. The van der Waals surface area contributed by atoms with Crippen LogP contribution in [0.2, 0.25) is 5.02 Å². The van der Waals surface area contributed by atoms with Crippen LogP contribution in [0, 0.1) is 11.6 Å². The van der Waals surface area contributed by atoms with E-state index in [0.29, 0.717) is 36.9 Å². The van der Waals surface area contributed by atoms with Gasteiger partial charge in [-0.3, -0.25) is 9.69 Å². The van der Waals surface area contributed by atoms with E-state index in [1.807, 2.05) is 4.90 Å². The number of hydrogen-bond donors (Lipinski definition) is 2. The van der Waals surface area contributed by atoms with Crippen molar-refractivity contribution < 1.29 is 36.3 Å². The summed E-state index contributed by atoms with van der Waals surface area (Å²) in [5.74, 6) is -3.72. The zero-order valence-electron chi connectivity index (χ0n) is 18.3. The Morgan fingerprint density at radius 3 is 2.37 bits per heavy atom. The quantitative estimate of drug-likeness (QED) is 0.523. The molecule has 0 bridgehead atoms. The van der Waals surface area contributed by atoms with Crippen molar-refractivity contribution in [1.29, 1.82) is 0 Å². The highest BCUT2D eigenvalue weighted by atomic mass is 35.5. The van der Waals surface area contributed by atoms with Crippen LogP contribution in [0.1, 0.15) is 22.3 Å². The second-order valence-corrected chi connectivity index (χ2v) is 8.25. The maximum atomic E-state index is 14.5. The normalized spacial score (nSPS) is 14.6. The number of amides is 2. The highest BCUT2D eigenvalue weighted by molar-refractivity contribution is 6.31. The number of piperazine rings is 1. The summed E-state index contributed by atoms with van der Waals surface area (Å²) in [6.45, 7) is 0.768. The van der Waals surface area contributed by atoms with Crippen LogP contribution in [0.25, 0.3) is 0 Å². The molecule has 3 N–H and O–H groups in total. The monoisotopic (exact) mass is 520 g/mol. The number of carbonyl (C=O) groups excluding carboxylic acids is 2. The molecular formula is C22H22ClF5N4O3. The Kier molecular flexibility index (Phi) is 8.39. The molecule has 13 heteroatoms. The Morgan fingerprint density at radius 1 is 1.06 bits per heavy atom. The van der Waals surface area contributed by atoms with E-state index in [1.165, 1.54) is 12.1 Å². The fraction of sp³-hybridized carbons (Fsp3) is 0.364. The lowest BCUT2D eigenvalue weighted by atomic mass is 10.1. The number of benzene rings is 2. The van der Waals surface area contributed by atoms with Gasteiger partial charge in [-0.15, -0.1) is 0 Å². The van der Waals surface area contributed by atoms with Crippen molar-refractivity contribution in [1.82, 2.24) is 4.90 Å². The summed E-state index contributed by atoms with van der Waals surface area (Å²) < 4.78 is 70.8. The van der Waals surface area contributed by atoms with Gasteiger partial charge in [0.1, 0.15) is 6.61 Å². The Balaban J connectivity index is 1.72. The molecule has 1 aliphatic rings. The lowest BCUT2D eigenvalue weighted by molar-refractivity contribution is -0.138. The second kappa shape index (κ2) is 11.1. The predicted octanol–water partition coefficient (Wildman–Crippen LogP) is 4.54. The van der Waals surface area contributed by atoms with Gasteiger partial charge in [-0.1, -0.05) is 17.7 Å². The number of nitrogens with two attached hydrogens (primary N) is 1. The SMILES string of the molecule is NC(=O)OCc1ccc(C(=O)Nc2ccc(Cl)cc2N2CCN(CCC(F)(F)F)CC2)c(F)c1F. The van der Waals surface area contributed by atoms with E-state index in [-0.39, 0.29) is 17.8 Å². The van der Waals surface area contributed by atoms with Gasteiger partial charge < -0.3 is 20.7 Å². The minimum atomic E-state index is -4.23. The number of rotatable bonds is 7. The van der Waals surface area contributed by atoms with Crippen LogP contribution in [0.3, 0.4) is 0 Å². The van der Waals surface area contributed by atoms with Gasteiger partial charge in [0.25, 0.3) is 5.91 Å². The Bertz CT molecular complexity index is 1090. The zero-order chi connectivity index (χ0) is 25.8. The van der Waals surface area contributed by atoms with Gasteiger partial charge in [-0.05, 0) is 24.3 Å². The van der Waals surface area contributed by atoms with Crippen LogP contribution in [-0.4, -0.2) is 55.8 Å². The summed E-state index contributed by atoms with van der Waals surface area (Å²) in [7, 11) is 0. The predicted molar refractivity (Wildman–Crippen MR) is 119 cm³/mol.